The second-order valence-electron chi connectivity index (χ2n) is 5.23. The fourth-order valence-corrected chi connectivity index (χ4v) is 2.50. The number of benzene rings is 1. The lowest BCUT2D eigenvalue weighted by molar-refractivity contribution is 0.0906. The van der Waals surface area contributed by atoms with Crippen LogP contribution in [0.5, 0.6) is 0 Å². The summed E-state index contributed by atoms with van der Waals surface area (Å²) < 4.78 is 0. The molecule has 3 nitrogen and oxygen atoms in total. The van der Waals surface area contributed by atoms with Crippen LogP contribution >= 0.6 is 0 Å². The highest BCUT2D eigenvalue weighted by atomic mass is 16.3. The van der Waals surface area contributed by atoms with Gasteiger partial charge in [0, 0.05) is 5.56 Å². The van der Waals surface area contributed by atoms with Gasteiger partial charge in [0.15, 0.2) is 0 Å². The van der Waals surface area contributed by atoms with Crippen molar-refractivity contribution in [3.8, 4) is 0 Å². The Morgan fingerprint density at radius 3 is 2.76 bits per heavy atom. The molecule has 0 heterocycles. The Morgan fingerprint density at radius 1 is 1.29 bits per heavy atom. The highest BCUT2D eigenvalue weighted by molar-refractivity contribution is 5.95. The molecule has 0 spiro atoms. The van der Waals surface area contributed by atoms with Gasteiger partial charge in [-0.1, -0.05) is 6.07 Å². The third kappa shape index (κ3) is 1.95. The van der Waals surface area contributed by atoms with E-state index in [1.54, 1.807) is 0 Å². The Morgan fingerprint density at radius 2 is 2.06 bits per heavy atom. The molecule has 2 N–H and O–H groups in total. The number of amides is 1. The molecule has 0 atom stereocenters. The van der Waals surface area contributed by atoms with Crippen molar-refractivity contribution in [2.24, 2.45) is 0 Å². The Balaban J connectivity index is 1.78. The molecule has 0 aromatic heterocycles. The van der Waals surface area contributed by atoms with Crippen LogP contribution in [0.15, 0.2) is 18.2 Å². The van der Waals surface area contributed by atoms with Crippen LogP contribution in [0.1, 0.15) is 40.7 Å². The van der Waals surface area contributed by atoms with Gasteiger partial charge < -0.3 is 10.4 Å². The number of carbonyl (C=O) groups excluding carboxylic acids is 1. The predicted molar refractivity (Wildman–Crippen MR) is 65.0 cm³/mol. The second-order valence-corrected chi connectivity index (χ2v) is 5.23. The van der Waals surface area contributed by atoms with Crippen molar-refractivity contribution in [2.75, 3.05) is 6.61 Å². The van der Waals surface area contributed by atoms with Gasteiger partial charge in [0.1, 0.15) is 0 Å². The highest BCUT2D eigenvalue weighted by Crippen LogP contribution is 2.35. The summed E-state index contributed by atoms with van der Waals surface area (Å²) in [5.41, 5.74) is 3.09. The van der Waals surface area contributed by atoms with Crippen LogP contribution < -0.4 is 5.32 Å². The molecule has 0 unspecified atom stereocenters. The van der Waals surface area contributed by atoms with Crippen molar-refractivity contribution in [3.05, 3.63) is 34.9 Å². The average molecular weight is 231 g/mol. The standard InChI is InChI=1S/C14H17NO2/c16-9-14(6-7-14)15-13(17)12-5-4-10-2-1-3-11(10)8-12/h4-5,8,16H,1-3,6-7,9H2,(H,15,17). The summed E-state index contributed by atoms with van der Waals surface area (Å²) in [6.45, 7) is 0.0453. The molecule has 17 heavy (non-hydrogen) atoms. The van der Waals surface area contributed by atoms with Crippen molar-refractivity contribution in [1.82, 2.24) is 5.32 Å². The van der Waals surface area contributed by atoms with Crippen molar-refractivity contribution in [2.45, 2.75) is 37.6 Å². The summed E-state index contributed by atoms with van der Waals surface area (Å²) in [5.74, 6) is -0.0498. The number of rotatable bonds is 3. The van der Waals surface area contributed by atoms with Gasteiger partial charge in [-0.25, -0.2) is 0 Å². The van der Waals surface area contributed by atoms with E-state index in [0.717, 1.165) is 31.2 Å². The van der Waals surface area contributed by atoms with Crippen LogP contribution in [-0.4, -0.2) is 23.2 Å². The molecular formula is C14H17NO2. The molecule has 1 aromatic rings. The smallest absolute Gasteiger partial charge is 0.251 e. The number of nitrogens with one attached hydrogen (secondary N) is 1. The van der Waals surface area contributed by atoms with Gasteiger partial charge in [0.25, 0.3) is 5.91 Å². The van der Waals surface area contributed by atoms with Gasteiger partial charge in [-0.3, -0.25) is 4.79 Å². The van der Waals surface area contributed by atoms with E-state index in [2.05, 4.69) is 11.4 Å². The van der Waals surface area contributed by atoms with Crippen LogP contribution in [-0.2, 0) is 12.8 Å². The van der Waals surface area contributed by atoms with Crippen molar-refractivity contribution >= 4 is 5.91 Å². The van der Waals surface area contributed by atoms with E-state index in [1.165, 1.54) is 17.5 Å². The Hall–Kier alpha value is -1.35. The first kappa shape index (κ1) is 10.8. The zero-order valence-corrected chi connectivity index (χ0v) is 9.83. The molecule has 0 bridgehead atoms. The van der Waals surface area contributed by atoms with Gasteiger partial charge in [-0.05, 0) is 55.4 Å². The minimum atomic E-state index is -0.323. The van der Waals surface area contributed by atoms with Gasteiger partial charge in [0.2, 0.25) is 0 Å². The lowest BCUT2D eigenvalue weighted by atomic mass is 10.1. The number of fused-ring (bicyclic) bond motifs is 1. The van der Waals surface area contributed by atoms with E-state index in [0.29, 0.717) is 0 Å². The molecule has 1 aromatic carbocycles. The van der Waals surface area contributed by atoms with E-state index in [-0.39, 0.29) is 18.1 Å². The summed E-state index contributed by atoms with van der Waals surface area (Å²) in [6, 6.07) is 5.97. The monoisotopic (exact) mass is 231 g/mol. The quantitative estimate of drug-likeness (QED) is 0.826. The molecule has 1 saturated carbocycles. The topological polar surface area (TPSA) is 49.3 Å². The van der Waals surface area contributed by atoms with Gasteiger partial charge in [0.05, 0.1) is 12.1 Å². The van der Waals surface area contributed by atoms with E-state index < -0.39 is 0 Å². The molecule has 2 aliphatic rings. The number of aryl methyl sites for hydroxylation is 2. The van der Waals surface area contributed by atoms with E-state index in [4.69, 9.17) is 0 Å². The molecule has 0 radical (unpaired) electrons. The maximum absolute atomic E-state index is 12.0. The summed E-state index contributed by atoms with van der Waals surface area (Å²) >= 11 is 0. The van der Waals surface area contributed by atoms with Crippen molar-refractivity contribution in [3.63, 3.8) is 0 Å². The number of carbonyl (C=O) groups is 1. The van der Waals surface area contributed by atoms with E-state index >= 15 is 0 Å². The van der Waals surface area contributed by atoms with E-state index in [1.807, 2.05) is 12.1 Å². The third-order valence-corrected chi connectivity index (χ3v) is 3.90. The number of aliphatic hydroxyl groups is 1. The molecule has 1 fully saturated rings. The van der Waals surface area contributed by atoms with Gasteiger partial charge in [-0.2, -0.15) is 0 Å². The second kappa shape index (κ2) is 3.84. The van der Waals surface area contributed by atoms with Crippen LogP contribution in [0.2, 0.25) is 0 Å². The molecule has 2 aliphatic carbocycles. The van der Waals surface area contributed by atoms with Crippen LogP contribution in [0.4, 0.5) is 0 Å². The third-order valence-electron chi connectivity index (χ3n) is 3.90. The molecular weight excluding hydrogens is 214 g/mol. The SMILES string of the molecule is O=C(NC1(CO)CC1)c1ccc2c(c1)CCC2. The molecule has 3 rings (SSSR count). The normalized spacial score (nSPS) is 19.8. The summed E-state index contributed by atoms with van der Waals surface area (Å²) in [7, 11) is 0. The lowest BCUT2D eigenvalue weighted by Crippen LogP contribution is -2.39. The largest absolute Gasteiger partial charge is 0.394 e. The fourth-order valence-electron chi connectivity index (χ4n) is 2.50. The highest BCUT2D eigenvalue weighted by Gasteiger charge is 2.43. The van der Waals surface area contributed by atoms with E-state index in [9.17, 15) is 9.90 Å². The summed E-state index contributed by atoms with van der Waals surface area (Å²) in [5, 5.41) is 12.1. The minimum Gasteiger partial charge on any atom is -0.394 e. The zero-order chi connectivity index (χ0) is 11.9. The predicted octanol–water partition coefficient (Wildman–Crippen LogP) is 1.43. The molecule has 1 amide bonds. The number of hydrogen-bond donors (Lipinski definition) is 2. The van der Waals surface area contributed by atoms with Gasteiger partial charge >= 0.3 is 0 Å². The first-order valence-electron chi connectivity index (χ1n) is 6.28. The van der Waals surface area contributed by atoms with Crippen molar-refractivity contribution < 1.29 is 9.90 Å². The maximum Gasteiger partial charge on any atom is 0.251 e. The number of aliphatic hydroxyl groups excluding tert-OH is 1. The fraction of sp³-hybridized carbons (Fsp3) is 0.500. The van der Waals surface area contributed by atoms with Crippen molar-refractivity contribution in [1.29, 1.82) is 0 Å². The summed E-state index contributed by atoms with van der Waals surface area (Å²) in [6.07, 6.45) is 5.20. The average Bonchev–Trinajstić information content (AvgIpc) is 2.96. The Kier molecular flexibility index (Phi) is 2.44. The first-order valence-corrected chi connectivity index (χ1v) is 6.28. The zero-order valence-electron chi connectivity index (χ0n) is 9.83. The minimum absolute atomic E-state index is 0.0453. The van der Waals surface area contributed by atoms with Crippen LogP contribution in [0.3, 0.4) is 0 Å². The van der Waals surface area contributed by atoms with Crippen LogP contribution in [0.25, 0.3) is 0 Å². The molecule has 3 heteroatoms. The molecule has 0 saturated heterocycles. The molecule has 0 aliphatic heterocycles. The first-order chi connectivity index (χ1) is 8.22. The molecule has 90 valence electrons. The van der Waals surface area contributed by atoms with Gasteiger partial charge in [-0.15, -0.1) is 0 Å². The lowest BCUT2D eigenvalue weighted by Gasteiger charge is -2.14. The Labute approximate surface area is 101 Å². The Bertz CT molecular complexity index is 463. The summed E-state index contributed by atoms with van der Waals surface area (Å²) in [4.78, 5) is 12.0. The number of hydrogen-bond acceptors (Lipinski definition) is 2. The maximum atomic E-state index is 12.0. The van der Waals surface area contributed by atoms with Crippen LogP contribution in [0, 0.1) is 0 Å².